The van der Waals surface area contributed by atoms with Crippen LogP contribution in [0.15, 0.2) is 77.3 Å². The number of hydrogen-bond donors (Lipinski definition) is 2. The van der Waals surface area contributed by atoms with Crippen LogP contribution in [0, 0.1) is 0 Å². The van der Waals surface area contributed by atoms with Crippen LogP contribution < -0.4 is 15.8 Å². The van der Waals surface area contributed by atoms with Crippen LogP contribution in [0.4, 0.5) is 5.69 Å². The minimum Gasteiger partial charge on any atom is -0.344 e. The third-order valence-corrected chi connectivity index (χ3v) is 6.25. The Morgan fingerprint density at radius 1 is 0.970 bits per heavy atom. The van der Waals surface area contributed by atoms with Gasteiger partial charge in [-0.3, -0.25) is 19.8 Å². The summed E-state index contributed by atoms with van der Waals surface area (Å²) in [6.07, 6.45) is 0.155. The van der Waals surface area contributed by atoms with Gasteiger partial charge in [-0.05, 0) is 48.7 Å². The Balaban J connectivity index is 1.51. The minimum atomic E-state index is -0.825. The molecule has 1 heterocycles. The van der Waals surface area contributed by atoms with Gasteiger partial charge in [0.1, 0.15) is 6.04 Å². The van der Waals surface area contributed by atoms with Gasteiger partial charge in [-0.15, -0.1) is 0 Å². The van der Waals surface area contributed by atoms with Crippen LogP contribution in [0.25, 0.3) is 11.1 Å². The maximum Gasteiger partial charge on any atom is 0.261 e. The maximum atomic E-state index is 13.3. The maximum absolute atomic E-state index is 13.3. The molecule has 7 heteroatoms. The van der Waals surface area contributed by atoms with Gasteiger partial charge in [0, 0.05) is 10.0 Å². The minimum absolute atomic E-state index is 0.155. The lowest BCUT2D eigenvalue weighted by molar-refractivity contribution is -0.130. The summed E-state index contributed by atoms with van der Waals surface area (Å²) in [7, 11) is 0. The molecule has 3 aromatic carbocycles. The Morgan fingerprint density at radius 3 is 2.33 bits per heavy atom. The van der Waals surface area contributed by atoms with Crippen LogP contribution in [-0.2, 0) is 20.8 Å². The molecule has 0 aromatic heterocycles. The zero-order chi connectivity index (χ0) is 23.5. The first-order chi connectivity index (χ1) is 15.8. The zero-order valence-electron chi connectivity index (χ0n) is 18.3. The summed E-state index contributed by atoms with van der Waals surface area (Å²) in [5.74, 6) is -1.44. The summed E-state index contributed by atoms with van der Waals surface area (Å²) in [6, 6.07) is 21.8. The van der Waals surface area contributed by atoms with Gasteiger partial charge in [0.05, 0.1) is 18.0 Å². The van der Waals surface area contributed by atoms with E-state index in [1.807, 2.05) is 73.7 Å². The van der Waals surface area contributed by atoms with Gasteiger partial charge in [-0.25, -0.2) is 5.01 Å². The third kappa shape index (κ3) is 4.83. The molecule has 1 aliphatic rings. The van der Waals surface area contributed by atoms with Crippen molar-refractivity contribution in [3.63, 3.8) is 0 Å². The number of halogens is 1. The summed E-state index contributed by atoms with van der Waals surface area (Å²) in [6.45, 7) is 3.43. The van der Waals surface area contributed by atoms with Crippen LogP contribution in [0.5, 0.6) is 0 Å². The van der Waals surface area contributed by atoms with Crippen molar-refractivity contribution in [1.82, 2.24) is 10.7 Å². The van der Waals surface area contributed by atoms with Crippen LogP contribution in [0.3, 0.4) is 0 Å². The number of carbonyl (C=O) groups excluding carboxylic acids is 3. The number of hydrazine groups is 1. The molecule has 33 heavy (non-hydrogen) atoms. The van der Waals surface area contributed by atoms with Gasteiger partial charge >= 0.3 is 0 Å². The molecule has 0 bridgehead atoms. The van der Waals surface area contributed by atoms with E-state index in [-0.39, 0.29) is 18.2 Å². The van der Waals surface area contributed by atoms with Crippen LogP contribution in [-0.4, -0.2) is 23.8 Å². The van der Waals surface area contributed by atoms with E-state index in [1.165, 1.54) is 5.01 Å². The van der Waals surface area contributed by atoms with Crippen molar-refractivity contribution in [3.05, 3.63) is 88.4 Å². The average molecular weight is 506 g/mol. The van der Waals surface area contributed by atoms with Crippen LogP contribution in [0.2, 0.25) is 0 Å². The van der Waals surface area contributed by atoms with Crippen molar-refractivity contribution < 1.29 is 14.4 Å². The van der Waals surface area contributed by atoms with Crippen molar-refractivity contribution in [2.45, 2.75) is 32.2 Å². The molecule has 0 fully saturated rings. The van der Waals surface area contributed by atoms with Crippen molar-refractivity contribution in [2.75, 3.05) is 5.01 Å². The number of rotatable bonds is 5. The highest BCUT2D eigenvalue weighted by atomic mass is 79.9. The lowest BCUT2D eigenvalue weighted by atomic mass is 9.92. The van der Waals surface area contributed by atoms with Gasteiger partial charge in [-0.1, -0.05) is 70.5 Å². The zero-order valence-corrected chi connectivity index (χ0v) is 19.9. The smallest absolute Gasteiger partial charge is 0.261 e. The molecule has 0 spiro atoms. The normalized spacial score (nSPS) is 15.7. The van der Waals surface area contributed by atoms with Crippen molar-refractivity contribution in [2.24, 2.45) is 0 Å². The second-order valence-corrected chi connectivity index (χ2v) is 8.98. The molecule has 0 aliphatic carbocycles. The van der Waals surface area contributed by atoms with Crippen LogP contribution >= 0.6 is 15.9 Å². The average Bonchev–Trinajstić information content (AvgIpc) is 2.90. The molecule has 1 aliphatic heterocycles. The Labute approximate surface area is 201 Å². The predicted octanol–water partition coefficient (Wildman–Crippen LogP) is 4.34. The quantitative estimate of drug-likeness (QED) is 0.541. The van der Waals surface area contributed by atoms with E-state index in [0.717, 1.165) is 26.7 Å². The molecule has 6 nitrogen and oxygen atoms in total. The largest absolute Gasteiger partial charge is 0.344 e. The number of para-hydroxylation sites is 1. The van der Waals surface area contributed by atoms with Gasteiger partial charge in [0.2, 0.25) is 5.91 Å². The molecule has 0 saturated heterocycles. The van der Waals surface area contributed by atoms with Crippen molar-refractivity contribution in [1.29, 1.82) is 0 Å². The number of nitrogens with zero attached hydrogens (tertiary/aromatic N) is 1. The molecule has 1 unspecified atom stereocenters. The number of amides is 3. The van der Waals surface area contributed by atoms with E-state index in [1.54, 1.807) is 13.0 Å². The highest BCUT2D eigenvalue weighted by Crippen LogP contribution is 2.39. The summed E-state index contributed by atoms with van der Waals surface area (Å²) < 4.78 is 0.929. The number of nitrogens with one attached hydrogen (secondary N) is 2. The van der Waals surface area contributed by atoms with Gasteiger partial charge in [0.15, 0.2) is 0 Å². The molecule has 2 atom stereocenters. The number of hydrogen-bond acceptors (Lipinski definition) is 3. The van der Waals surface area contributed by atoms with E-state index >= 15 is 0 Å². The molecule has 3 amide bonds. The van der Waals surface area contributed by atoms with Crippen molar-refractivity contribution in [3.8, 4) is 11.1 Å². The number of carbonyl (C=O) groups is 3. The SMILES string of the molecule is CC1C(=O)N(NC(=O)[C@H](C)NC(=O)Cc2ccc(Br)cc2)c2ccccc2-c2ccccc21. The summed E-state index contributed by atoms with van der Waals surface area (Å²) in [4.78, 5) is 38.7. The topological polar surface area (TPSA) is 78.5 Å². The van der Waals surface area contributed by atoms with E-state index in [0.29, 0.717) is 5.69 Å². The molecule has 0 radical (unpaired) electrons. The lowest BCUT2D eigenvalue weighted by Gasteiger charge is -2.27. The van der Waals surface area contributed by atoms with E-state index in [2.05, 4.69) is 26.7 Å². The van der Waals surface area contributed by atoms with Gasteiger partial charge in [0.25, 0.3) is 11.8 Å². The molecule has 2 N–H and O–H groups in total. The standard InChI is InChI=1S/C26H24BrN3O3/c1-16-20-7-3-4-8-21(20)22-9-5-6-10-23(22)30(26(16)33)29-25(32)17(2)28-24(31)15-18-11-13-19(27)14-12-18/h3-14,16-17H,15H2,1-2H3,(H,28,31)(H,29,32)/t16?,17-/m0/s1. The highest BCUT2D eigenvalue weighted by Gasteiger charge is 2.33. The second kappa shape index (κ2) is 9.58. The predicted molar refractivity (Wildman–Crippen MR) is 131 cm³/mol. The van der Waals surface area contributed by atoms with Crippen LogP contribution in [0.1, 0.15) is 30.9 Å². The first-order valence-corrected chi connectivity index (χ1v) is 11.5. The fourth-order valence-electron chi connectivity index (χ4n) is 3.93. The Kier molecular flexibility index (Phi) is 6.60. The third-order valence-electron chi connectivity index (χ3n) is 5.72. The van der Waals surface area contributed by atoms with E-state index in [9.17, 15) is 14.4 Å². The second-order valence-electron chi connectivity index (χ2n) is 8.07. The van der Waals surface area contributed by atoms with Gasteiger partial charge in [-0.2, -0.15) is 0 Å². The lowest BCUT2D eigenvalue weighted by Crippen LogP contribution is -2.54. The molecule has 4 rings (SSSR count). The van der Waals surface area contributed by atoms with Crippen molar-refractivity contribution >= 4 is 39.3 Å². The Morgan fingerprint density at radius 2 is 1.61 bits per heavy atom. The fourth-order valence-corrected chi connectivity index (χ4v) is 4.19. The molecule has 168 valence electrons. The first kappa shape index (κ1) is 22.7. The Bertz CT molecular complexity index is 1210. The number of benzene rings is 3. The number of anilines is 1. The molecule has 3 aromatic rings. The summed E-state index contributed by atoms with van der Waals surface area (Å²) >= 11 is 3.37. The molecular formula is C26H24BrN3O3. The number of fused-ring (bicyclic) bond motifs is 3. The van der Waals surface area contributed by atoms with E-state index in [4.69, 9.17) is 0 Å². The summed E-state index contributed by atoms with van der Waals surface area (Å²) in [5.41, 5.74) is 6.89. The fraction of sp³-hybridized carbons (Fsp3) is 0.192. The first-order valence-electron chi connectivity index (χ1n) is 10.7. The highest BCUT2D eigenvalue weighted by molar-refractivity contribution is 9.10. The van der Waals surface area contributed by atoms with Gasteiger partial charge < -0.3 is 5.32 Å². The molecule has 0 saturated carbocycles. The monoisotopic (exact) mass is 505 g/mol. The Hall–Kier alpha value is -3.45. The molecular weight excluding hydrogens is 482 g/mol. The van der Waals surface area contributed by atoms with E-state index < -0.39 is 17.9 Å². The summed E-state index contributed by atoms with van der Waals surface area (Å²) in [5, 5.41) is 4.02.